The first-order valence-corrected chi connectivity index (χ1v) is 9.85. The van der Waals surface area contributed by atoms with Crippen LogP contribution in [0.4, 0.5) is 5.13 Å². The zero-order valence-electron chi connectivity index (χ0n) is 15.7. The summed E-state index contributed by atoms with van der Waals surface area (Å²) >= 11 is 1.31. The van der Waals surface area contributed by atoms with E-state index in [1.54, 1.807) is 19.2 Å². The highest BCUT2D eigenvalue weighted by Gasteiger charge is 2.19. The average molecular weight is 402 g/mol. The third-order valence-corrected chi connectivity index (χ3v) is 5.67. The zero-order valence-corrected chi connectivity index (χ0v) is 16.5. The molecule has 0 saturated heterocycles. The summed E-state index contributed by atoms with van der Waals surface area (Å²) in [5, 5.41) is 12.6. The van der Waals surface area contributed by atoms with Crippen LogP contribution >= 0.6 is 11.3 Å². The number of amides is 1. The second-order valence-corrected chi connectivity index (χ2v) is 7.46. The summed E-state index contributed by atoms with van der Waals surface area (Å²) in [6.07, 6.45) is 4.14. The number of nitrogens with zero attached hydrogens (tertiary/aromatic N) is 3. The Hall–Kier alpha value is -3.63. The normalized spacial score (nSPS) is 11.7. The van der Waals surface area contributed by atoms with Crippen LogP contribution in [-0.2, 0) is 4.79 Å². The Morgan fingerprint density at radius 3 is 2.66 bits per heavy atom. The predicted molar refractivity (Wildman–Crippen MR) is 113 cm³/mol. The van der Waals surface area contributed by atoms with E-state index in [0.717, 1.165) is 16.0 Å². The van der Waals surface area contributed by atoms with E-state index in [9.17, 15) is 10.1 Å². The van der Waals surface area contributed by atoms with Crippen molar-refractivity contribution < 1.29 is 9.53 Å². The van der Waals surface area contributed by atoms with Gasteiger partial charge in [0, 0.05) is 12.4 Å². The molecule has 2 aromatic heterocycles. The molecule has 0 spiro atoms. The van der Waals surface area contributed by atoms with Crippen molar-refractivity contribution in [3.63, 3.8) is 0 Å². The molecule has 7 heteroatoms. The van der Waals surface area contributed by atoms with Gasteiger partial charge in [0.2, 0.25) is 5.91 Å². The fraction of sp³-hybridized carbons (Fsp3) is 0.136. The lowest BCUT2D eigenvalue weighted by Crippen LogP contribution is -2.19. The number of benzene rings is 2. The van der Waals surface area contributed by atoms with Crippen molar-refractivity contribution in [1.29, 1.82) is 5.26 Å². The smallest absolute Gasteiger partial charge is 0.228 e. The highest BCUT2D eigenvalue weighted by atomic mass is 32.1. The van der Waals surface area contributed by atoms with E-state index in [4.69, 9.17) is 4.74 Å². The van der Waals surface area contributed by atoms with Crippen LogP contribution in [0.1, 0.15) is 23.6 Å². The van der Waals surface area contributed by atoms with Crippen molar-refractivity contribution >= 4 is 32.6 Å². The molecule has 2 heterocycles. The minimum Gasteiger partial charge on any atom is -0.497 e. The minimum atomic E-state index is -0.153. The summed E-state index contributed by atoms with van der Waals surface area (Å²) in [6.45, 7) is 0. The lowest BCUT2D eigenvalue weighted by Gasteiger charge is -2.19. The molecule has 0 radical (unpaired) electrons. The van der Waals surface area contributed by atoms with Gasteiger partial charge in [-0.15, -0.1) is 0 Å². The molecule has 4 aromatic rings. The maximum absolute atomic E-state index is 12.8. The van der Waals surface area contributed by atoms with E-state index in [2.05, 4.69) is 16.4 Å². The van der Waals surface area contributed by atoms with Crippen LogP contribution in [0.5, 0.6) is 5.75 Å². The number of hydrogen-bond donors (Lipinski definition) is 1. The fourth-order valence-corrected chi connectivity index (χ4v) is 4.16. The van der Waals surface area contributed by atoms with Crippen molar-refractivity contribution in [3.8, 4) is 11.8 Å². The molecule has 1 unspecified atom stereocenters. The first-order chi connectivity index (χ1) is 14.2. The monoisotopic (exact) mass is 402 g/mol. The number of methoxy groups -OCH3 is 1. The number of carbonyl (C=O) groups is 1. The minimum absolute atomic E-state index is 0.142. The summed E-state index contributed by atoms with van der Waals surface area (Å²) in [6, 6.07) is 19.0. The molecule has 1 atom stereocenters. The van der Waals surface area contributed by atoms with Gasteiger partial charge in [-0.25, -0.2) is 4.98 Å². The van der Waals surface area contributed by atoms with Crippen molar-refractivity contribution in [1.82, 2.24) is 9.55 Å². The number of aromatic nitrogens is 2. The summed E-state index contributed by atoms with van der Waals surface area (Å²) in [5.41, 5.74) is 2.28. The fourth-order valence-electron chi connectivity index (χ4n) is 3.21. The topological polar surface area (TPSA) is 79.9 Å². The SMILES string of the molecule is COc1ccc(C(CC(=O)Nc2nc3cccc(C#N)c3s2)n2cccc2)cc1. The second kappa shape index (κ2) is 8.17. The first-order valence-electron chi connectivity index (χ1n) is 9.04. The van der Waals surface area contributed by atoms with E-state index in [1.807, 2.05) is 59.4 Å². The van der Waals surface area contributed by atoms with E-state index >= 15 is 0 Å². The Morgan fingerprint density at radius 1 is 1.21 bits per heavy atom. The Morgan fingerprint density at radius 2 is 1.97 bits per heavy atom. The Labute approximate surface area is 172 Å². The van der Waals surface area contributed by atoms with Crippen LogP contribution in [0.3, 0.4) is 0 Å². The zero-order chi connectivity index (χ0) is 20.2. The number of anilines is 1. The molecule has 6 nitrogen and oxygen atoms in total. The van der Waals surface area contributed by atoms with Gasteiger partial charge in [-0.1, -0.05) is 29.5 Å². The van der Waals surface area contributed by atoms with Gasteiger partial charge in [-0.3, -0.25) is 4.79 Å². The van der Waals surface area contributed by atoms with Gasteiger partial charge < -0.3 is 14.6 Å². The summed E-state index contributed by atoms with van der Waals surface area (Å²) in [5.74, 6) is 0.629. The number of carbonyl (C=O) groups excluding carboxylic acids is 1. The average Bonchev–Trinajstić information content (AvgIpc) is 3.41. The van der Waals surface area contributed by atoms with Gasteiger partial charge in [0.05, 0.1) is 35.4 Å². The van der Waals surface area contributed by atoms with Crippen LogP contribution in [-0.4, -0.2) is 22.6 Å². The Kier molecular flexibility index (Phi) is 5.27. The highest BCUT2D eigenvalue weighted by molar-refractivity contribution is 7.22. The Balaban J connectivity index is 1.56. The molecule has 1 N–H and O–H groups in total. The maximum Gasteiger partial charge on any atom is 0.228 e. The number of ether oxygens (including phenoxy) is 1. The molecule has 1 amide bonds. The van der Waals surface area contributed by atoms with Gasteiger partial charge in [-0.05, 0) is 42.0 Å². The molecule has 4 rings (SSSR count). The molecule has 0 aliphatic carbocycles. The van der Waals surface area contributed by atoms with E-state index < -0.39 is 0 Å². The van der Waals surface area contributed by atoms with Crippen molar-refractivity contribution in [2.45, 2.75) is 12.5 Å². The standard InChI is InChI=1S/C22H18N4O2S/c1-28-17-9-7-15(8-10-17)19(26-11-2-3-12-26)13-20(27)25-22-24-18-6-4-5-16(14-23)21(18)29-22/h2-12,19H,13H2,1H3,(H,24,25,27). The second-order valence-electron chi connectivity index (χ2n) is 6.46. The summed E-state index contributed by atoms with van der Waals surface area (Å²) in [7, 11) is 1.63. The van der Waals surface area contributed by atoms with Crippen LogP contribution < -0.4 is 10.1 Å². The molecular weight excluding hydrogens is 384 g/mol. The largest absolute Gasteiger partial charge is 0.497 e. The van der Waals surface area contributed by atoms with E-state index in [-0.39, 0.29) is 18.4 Å². The van der Waals surface area contributed by atoms with Gasteiger partial charge in [0.25, 0.3) is 0 Å². The van der Waals surface area contributed by atoms with Crippen molar-refractivity contribution in [3.05, 3.63) is 78.1 Å². The van der Waals surface area contributed by atoms with Crippen LogP contribution in [0.15, 0.2) is 67.0 Å². The van der Waals surface area contributed by atoms with Crippen molar-refractivity contribution in [2.75, 3.05) is 12.4 Å². The number of thiazole rings is 1. The maximum atomic E-state index is 12.8. The number of fused-ring (bicyclic) bond motifs is 1. The quantitative estimate of drug-likeness (QED) is 0.511. The lowest BCUT2D eigenvalue weighted by molar-refractivity contribution is -0.116. The predicted octanol–water partition coefficient (Wildman–Crippen LogP) is 4.60. The molecule has 0 saturated carbocycles. The third kappa shape index (κ3) is 3.98. The third-order valence-electron chi connectivity index (χ3n) is 4.65. The number of nitrogens with one attached hydrogen (secondary N) is 1. The molecule has 0 aliphatic heterocycles. The molecule has 144 valence electrons. The number of nitriles is 1. The number of rotatable bonds is 6. The van der Waals surface area contributed by atoms with E-state index in [1.165, 1.54) is 11.3 Å². The van der Waals surface area contributed by atoms with E-state index in [0.29, 0.717) is 16.2 Å². The van der Waals surface area contributed by atoms with Crippen LogP contribution in [0.2, 0.25) is 0 Å². The van der Waals surface area contributed by atoms with Crippen LogP contribution in [0.25, 0.3) is 10.2 Å². The van der Waals surface area contributed by atoms with Crippen LogP contribution in [0, 0.1) is 11.3 Å². The number of hydrogen-bond acceptors (Lipinski definition) is 5. The summed E-state index contributed by atoms with van der Waals surface area (Å²) in [4.78, 5) is 17.2. The first kappa shape index (κ1) is 18.7. The van der Waals surface area contributed by atoms with Gasteiger partial charge >= 0.3 is 0 Å². The lowest BCUT2D eigenvalue weighted by atomic mass is 10.0. The summed E-state index contributed by atoms with van der Waals surface area (Å²) < 4.78 is 8.02. The molecule has 0 fully saturated rings. The molecular formula is C22H18N4O2S. The Bertz CT molecular complexity index is 1170. The molecule has 29 heavy (non-hydrogen) atoms. The van der Waals surface area contributed by atoms with Gasteiger partial charge in [0.1, 0.15) is 11.8 Å². The molecule has 2 aromatic carbocycles. The van der Waals surface area contributed by atoms with Crippen molar-refractivity contribution in [2.24, 2.45) is 0 Å². The van der Waals surface area contributed by atoms with Gasteiger partial charge in [0.15, 0.2) is 5.13 Å². The molecule has 0 aliphatic rings. The highest BCUT2D eigenvalue weighted by Crippen LogP contribution is 2.30. The van der Waals surface area contributed by atoms with Gasteiger partial charge in [-0.2, -0.15) is 5.26 Å². The molecule has 0 bridgehead atoms.